The van der Waals surface area contributed by atoms with Crippen molar-refractivity contribution in [2.45, 2.75) is 65.7 Å². The molecule has 0 fully saturated rings. The fourth-order valence-corrected chi connectivity index (χ4v) is 2.10. The van der Waals surface area contributed by atoms with Gasteiger partial charge in [0.2, 0.25) is 0 Å². The number of ether oxygens (including phenoxy) is 1. The van der Waals surface area contributed by atoms with Gasteiger partial charge in [0.1, 0.15) is 0 Å². The molecule has 0 saturated carbocycles. The Hall–Kier alpha value is -0.530. The Morgan fingerprint density at radius 3 is 2.07 bits per heavy atom. The van der Waals surface area contributed by atoms with Gasteiger partial charge >= 0.3 is 5.97 Å². The van der Waals surface area contributed by atoms with Crippen LogP contribution in [0.5, 0.6) is 0 Å². The summed E-state index contributed by atoms with van der Waals surface area (Å²) in [6, 6.07) is 0. The van der Waals surface area contributed by atoms with Crippen LogP contribution >= 0.6 is 0 Å². The summed E-state index contributed by atoms with van der Waals surface area (Å²) in [4.78, 5) is 11.7. The van der Waals surface area contributed by atoms with Crippen LogP contribution in [-0.4, -0.2) is 13.1 Å². The van der Waals surface area contributed by atoms with Gasteiger partial charge in [-0.2, -0.15) is 0 Å². The Balaban J connectivity index is 4.18. The zero-order chi connectivity index (χ0) is 11.7. The van der Waals surface area contributed by atoms with Gasteiger partial charge in [-0.1, -0.05) is 46.5 Å². The average molecular weight is 214 g/mol. The molecule has 0 amide bonds. The van der Waals surface area contributed by atoms with Gasteiger partial charge in [0.25, 0.3) is 0 Å². The highest BCUT2D eigenvalue weighted by molar-refractivity contribution is 5.76. The standard InChI is InChI=1S/C13H26O2/c1-5-8-9-10-11-13(6-2,7-3)12(14)15-4/h5-11H2,1-4H3. The Bertz CT molecular complexity index is 171. The number of unbranched alkanes of at least 4 members (excludes halogenated alkanes) is 3. The Morgan fingerprint density at radius 2 is 1.67 bits per heavy atom. The Morgan fingerprint density at radius 1 is 1.07 bits per heavy atom. The van der Waals surface area contributed by atoms with Crippen molar-refractivity contribution in [3.63, 3.8) is 0 Å². The molecule has 0 bridgehead atoms. The van der Waals surface area contributed by atoms with Crippen LogP contribution in [0.1, 0.15) is 65.7 Å². The minimum absolute atomic E-state index is 0.0241. The van der Waals surface area contributed by atoms with Gasteiger partial charge in [-0.05, 0) is 19.3 Å². The van der Waals surface area contributed by atoms with Crippen LogP contribution in [0.4, 0.5) is 0 Å². The second kappa shape index (κ2) is 7.72. The lowest BCUT2D eigenvalue weighted by Crippen LogP contribution is -2.31. The van der Waals surface area contributed by atoms with Crippen molar-refractivity contribution in [2.75, 3.05) is 7.11 Å². The van der Waals surface area contributed by atoms with Gasteiger partial charge < -0.3 is 4.74 Å². The first-order valence-corrected chi connectivity index (χ1v) is 6.25. The summed E-state index contributed by atoms with van der Waals surface area (Å²) in [5.74, 6) is -0.0241. The molecule has 0 saturated heterocycles. The maximum atomic E-state index is 11.7. The van der Waals surface area contributed by atoms with Gasteiger partial charge in [0.05, 0.1) is 12.5 Å². The Kier molecular flexibility index (Phi) is 7.45. The van der Waals surface area contributed by atoms with E-state index < -0.39 is 0 Å². The van der Waals surface area contributed by atoms with Crippen LogP contribution in [0, 0.1) is 5.41 Å². The predicted octanol–water partition coefficient (Wildman–Crippen LogP) is 3.94. The first-order valence-electron chi connectivity index (χ1n) is 6.25. The van der Waals surface area contributed by atoms with Gasteiger partial charge in [-0.3, -0.25) is 4.79 Å². The molecule has 0 aromatic carbocycles. The molecule has 0 rings (SSSR count). The molecule has 0 aromatic rings. The zero-order valence-corrected chi connectivity index (χ0v) is 10.8. The summed E-state index contributed by atoms with van der Waals surface area (Å²) in [5, 5.41) is 0. The molecular formula is C13H26O2. The van der Waals surface area contributed by atoms with E-state index in [1.807, 2.05) is 0 Å². The van der Waals surface area contributed by atoms with Crippen LogP contribution in [-0.2, 0) is 9.53 Å². The third-order valence-corrected chi connectivity index (χ3v) is 3.48. The molecule has 0 N–H and O–H groups in total. The third kappa shape index (κ3) is 4.23. The van der Waals surface area contributed by atoms with Crippen LogP contribution < -0.4 is 0 Å². The van der Waals surface area contributed by atoms with Gasteiger partial charge in [0.15, 0.2) is 0 Å². The largest absolute Gasteiger partial charge is 0.469 e. The average Bonchev–Trinajstić information content (AvgIpc) is 2.29. The first kappa shape index (κ1) is 14.5. The van der Waals surface area contributed by atoms with E-state index in [1.165, 1.54) is 26.4 Å². The number of hydrogen-bond acceptors (Lipinski definition) is 2. The summed E-state index contributed by atoms with van der Waals surface area (Å²) >= 11 is 0. The normalized spacial score (nSPS) is 11.5. The summed E-state index contributed by atoms with van der Waals surface area (Å²) in [7, 11) is 1.49. The first-order chi connectivity index (χ1) is 7.16. The molecule has 0 atom stereocenters. The number of methoxy groups -OCH3 is 1. The van der Waals surface area contributed by atoms with Crippen molar-refractivity contribution < 1.29 is 9.53 Å². The minimum Gasteiger partial charge on any atom is -0.469 e. The van der Waals surface area contributed by atoms with Crippen molar-refractivity contribution in [3.8, 4) is 0 Å². The fraction of sp³-hybridized carbons (Fsp3) is 0.923. The van der Waals surface area contributed by atoms with Crippen LogP contribution in [0.15, 0.2) is 0 Å². The number of rotatable bonds is 8. The molecule has 0 radical (unpaired) electrons. The van der Waals surface area contributed by atoms with E-state index in [9.17, 15) is 4.79 Å². The highest BCUT2D eigenvalue weighted by Gasteiger charge is 2.34. The molecule has 0 aromatic heterocycles. The minimum atomic E-state index is -0.220. The lowest BCUT2D eigenvalue weighted by molar-refractivity contribution is -0.154. The van der Waals surface area contributed by atoms with Crippen molar-refractivity contribution >= 4 is 5.97 Å². The predicted molar refractivity (Wildman–Crippen MR) is 63.8 cm³/mol. The van der Waals surface area contributed by atoms with Crippen LogP contribution in [0.3, 0.4) is 0 Å². The highest BCUT2D eigenvalue weighted by atomic mass is 16.5. The molecule has 90 valence electrons. The second-order valence-corrected chi connectivity index (χ2v) is 4.29. The monoisotopic (exact) mass is 214 g/mol. The quantitative estimate of drug-likeness (QED) is 0.452. The molecule has 0 aliphatic carbocycles. The number of carbonyl (C=O) groups excluding carboxylic acids is 1. The zero-order valence-electron chi connectivity index (χ0n) is 10.8. The lowest BCUT2D eigenvalue weighted by atomic mass is 9.78. The van der Waals surface area contributed by atoms with E-state index >= 15 is 0 Å². The smallest absolute Gasteiger partial charge is 0.311 e. The topological polar surface area (TPSA) is 26.3 Å². The molecule has 0 heterocycles. The van der Waals surface area contributed by atoms with E-state index in [0.717, 1.165) is 25.7 Å². The van der Waals surface area contributed by atoms with E-state index in [4.69, 9.17) is 4.74 Å². The molecule has 2 heteroatoms. The molecule has 0 aliphatic heterocycles. The summed E-state index contributed by atoms with van der Waals surface area (Å²) in [6.45, 7) is 6.37. The van der Waals surface area contributed by atoms with Gasteiger partial charge in [0, 0.05) is 0 Å². The molecular weight excluding hydrogens is 188 g/mol. The summed E-state index contributed by atoms with van der Waals surface area (Å²) in [6.07, 6.45) is 7.64. The summed E-state index contributed by atoms with van der Waals surface area (Å²) < 4.78 is 4.92. The molecule has 2 nitrogen and oxygen atoms in total. The third-order valence-electron chi connectivity index (χ3n) is 3.48. The van der Waals surface area contributed by atoms with Gasteiger partial charge in [-0.25, -0.2) is 0 Å². The van der Waals surface area contributed by atoms with Crippen LogP contribution in [0.25, 0.3) is 0 Å². The van der Waals surface area contributed by atoms with Crippen molar-refractivity contribution in [3.05, 3.63) is 0 Å². The van der Waals surface area contributed by atoms with Crippen LogP contribution in [0.2, 0.25) is 0 Å². The Labute approximate surface area is 94.4 Å². The number of carbonyl (C=O) groups is 1. The van der Waals surface area contributed by atoms with E-state index in [0.29, 0.717) is 0 Å². The summed E-state index contributed by atoms with van der Waals surface area (Å²) in [5.41, 5.74) is -0.220. The van der Waals surface area contributed by atoms with E-state index in [-0.39, 0.29) is 11.4 Å². The fourth-order valence-electron chi connectivity index (χ4n) is 2.10. The maximum Gasteiger partial charge on any atom is 0.311 e. The van der Waals surface area contributed by atoms with E-state index in [1.54, 1.807) is 0 Å². The SMILES string of the molecule is CCCCCCC(CC)(CC)C(=O)OC. The lowest BCUT2D eigenvalue weighted by Gasteiger charge is -2.28. The highest BCUT2D eigenvalue weighted by Crippen LogP contribution is 2.34. The maximum absolute atomic E-state index is 11.7. The van der Waals surface area contributed by atoms with E-state index in [2.05, 4.69) is 20.8 Å². The van der Waals surface area contributed by atoms with Crippen molar-refractivity contribution in [1.29, 1.82) is 0 Å². The molecule has 0 unspecified atom stereocenters. The van der Waals surface area contributed by atoms with Crippen molar-refractivity contribution in [1.82, 2.24) is 0 Å². The molecule has 0 spiro atoms. The van der Waals surface area contributed by atoms with Crippen molar-refractivity contribution in [2.24, 2.45) is 5.41 Å². The second-order valence-electron chi connectivity index (χ2n) is 4.29. The van der Waals surface area contributed by atoms with Gasteiger partial charge in [-0.15, -0.1) is 0 Å². The number of esters is 1. The molecule has 0 aliphatic rings. The number of hydrogen-bond donors (Lipinski definition) is 0. The molecule has 15 heavy (non-hydrogen) atoms.